The molecule has 1 aliphatic rings. The Morgan fingerprint density at radius 1 is 1.56 bits per heavy atom. The quantitative estimate of drug-likeness (QED) is 0.900. The third-order valence-corrected chi connectivity index (χ3v) is 6.35. The molecule has 1 N–H and O–H groups in total. The van der Waals surface area contributed by atoms with E-state index in [9.17, 15) is 8.42 Å². The van der Waals surface area contributed by atoms with Gasteiger partial charge >= 0.3 is 0 Å². The van der Waals surface area contributed by atoms with E-state index in [1.54, 1.807) is 12.1 Å². The molecule has 0 aliphatic carbocycles. The molecule has 7 heteroatoms. The first-order valence-corrected chi connectivity index (χ1v) is 8.15. The van der Waals surface area contributed by atoms with E-state index in [1.807, 2.05) is 6.92 Å². The molecule has 1 aromatic heterocycles. The van der Waals surface area contributed by atoms with Crippen molar-refractivity contribution in [3.63, 3.8) is 0 Å². The Kier molecular flexibility index (Phi) is 4.39. The molecule has 102 valence electrons. The van der Waals surface area contributed by atoms with Crippen LogP contribution in [0.2, 0.25) is 0 Å². The number of aliphatic hydroxyl groups is 1. The van der Waals surface area contributed by atoms with E-state index < -0.39 is 10.0 Å². The third-order valence-electron chi connectivity index (χ3n) is 2.94. The van der Waals surface area contributed by atoms with Gasteiger partial charge in [-0.05, 0) is 18.6 Å². The summed E-state index contributed by atoms with van der Waals surface area (Å²) in [6.45, 7) is 3.10. The molecule has 2 heterocycles. The molecule has 5 nitrogen and oxygen atoms in total. The average molecular weight is 291 g/mol. The van der Waals surface area contributed by atoms with E-state index in [-0.39, 0.29) is 12.7 Å². The van der Waals surface area contributed by atoms with Gasteiger partial charge in [-0.3, -0.25) is 0 Å². The Balaban J connectivity index is 2.19. The summed E-state index contributed by atoms with van der Waals surface area (Å²) in [6.07, 6.45) is 0.782. The lowest BCUT2D eigenvalue weighted by molar-refractivity contribution is -0.00272. The van der Waals surface area contributed by atoms with E-state index in [2.05, 4.69) is 0 Å². The largest absolute Gasteiger partial charge is 0.391 e. The zero-order chi connectivity index (χ0) is 13.2. The Morgan fingerprint density at radius 3 is 2.94 bits per heavy atom. The summed E-state index contributed by atoms with van der Waals surface area (Å²) in [7, 11) is -3.43. The fourth-order valence-electron chi connectivity index (χ4n) is 1.87. The maximum atomic E-state index is 12.4. The van der Waals surface area contributed by atoms with E-state index in [1.165, 1.54) is 4.31 Å². The molecule has 1 atom stereocenters. The second-order valence-electron chi connectivity index (χ2n) is 4.14. The number of hydrogen-bond donors (Lipinski definition) is 1. The van der Waals surface area contributed by atoms with Crippen molar-refractivity contribution in [3.8, 4) is 0 Å². The predicted molar refractivity (Wildman–Crippen MR) is 69.0 cm³/mol. The second-order valence-corrected chi connectivity index (χ2v) is 7.48. The number of ether oxygens (including phenoxy) is 1. The molecule has 18 heavy (non-hydrogen) atoms. The highest BCUT2D eigenvalue weighted by atomic mass is 32.2. The van der Waals surface area contributed by atoms with Crippen LogP contribution in [0.25, 0.3) is 0 Å². The predicted octanol–water partition coefficient (Wildman–Crippen LogP) is 1.04. The molecule has 0 aromatic carbocycles. The van der Waals surface area contributed by atoms with Crippen LogP contribution in [0.15, 0.2) is 16.3 Å². The van der Waals surface area contributed by atoms with Gasteiger partial charge in [0.15, 0.2) is 0 Å². The topological polar surface area (TPSA) is 66.8 Å². The summed E-state index contributed by atoms with van der Waals surface area (Å²) >= 11 is 1.12. The summed E-state index contributed by atoms with van der Waals surface area (Å²) in [5, 5.41) is 8.99. The van der Waals surface area contributed by atoms with E-state index in [0.29, 0.717) is 28.8 Å². The van der Waals surface area contributed by atoms with Gasteiger partial charge in [0.05, 0.1) is 19.3 Å². The molecule has 0 spiro atoms. The van der Waals surface area contributed by atoms with Crippen LogP contribution in [-0.2, 0) is 21.4 Å². The Hall–Kier alpha value is -0.470. The van der Waals surface area contributed by atoms with Crippen molar-refractivity contribution in [1.82, 2.24) is 4.31 Å². The van der Waals surface area contributed by atoms with Crippen LogP contribution in [0.5, 0.6) is 0 Å². The normalized spacial score (nSPS) is 22.2. The smallest absolute Gasteiger partial charge is 0.252 e. The number of rotatable bonds is 4. The third kappa shape index (κ3) is 2.75. The highest BCUT2D eigenvalue weighted by molar-refractivity contribution is 7.91. The molecule has 1 aromatic rings. The first-order chi connectivity index (χ1) is 8.57. The van der Waals surface area contributed by atoms with Crippen molar-refractivity contribution >= 4 is 21.4 Å². The second kappa shape index (κ2) is 5.66. The Labute approximate surface area is 111 Å². The molecular formula is C11H17NO4S2. The van der Waals surface area contributed by atoms with Crippen molar-refractivity contribution in [3.05, 3.63) is 17.0 Å². The van der Waals surface area contributed by atoms with Crippen molar-refractivity contribution in [2.75, 3.05) is 19.7 Å². The number of aliphatic hydroxyl groups excluding tert-OH is 1. The average Bonchev–Trinajstić information content (AvgIpc) is 2.88. The fraction of sp³-hybridized carbons (Fsp3) is 0.636. The number of nitrogens with zero attached hydrogens (tertiary/aromatic N) is 1. The Bertz CT molecular complexity index is 497. The first kappa shape index (κ1) is 14.0. The van der Waals surface area contributed by atoms with E-state index in [0.717, 1.165) is 17.8 Å². The molecule has 0 bridgehead atoms. The van der Waals surface area contributed by atoms with Gasteiger partial charge in [-0.15, -0.1) is 11.3 Å². The van der Waals surface area contributed by atoms with Crippen molar-refractivity contribution in [2.24, 2.45) is 0 Å². The zero-order valence-electron chi connectivity index (χ0n) is 10.2. The number of morpholine rings is 1. The minimum absolute atomic E-state index is 0.0224. The first-order valence-electron chi connectivity index (χ1n) is 5.89. The minimum Gasteiger partial charge on any atom is -0.391 e. The van der Waals surface area contributed by atoms with Gasteiger partial charge < -0.3 is 9.84 Å². The molecule has 0 amide bonds. The van der Waals surface area contributed by atoms with Gasteiger partial charge in [-0.25, -0.2) is 8.42 Å². The summed E-state index contributed by atoms with van der Waals surface area (Å²) < 4.78 is 32.0. The fourth-order valence-corrected chi connectivity index (χ4v) is 4.69. The maximum absolute atomic E-state index is 12.4. The standard InChI is InChI=1S/C11H17NO4S2/c1-2-9-7-12(5-6-16-9)18(14,15)11-4-3-10(8-13)17-11/h3-4,9,13H,2,5-8H2,1H3. The molecule has 0 saturated carbocycles. The number of sulfonamides is 1. The van der Waals surface area contributed by atoms with Crippen LogP contribution in [-0.4, -0.2) is 43.6 Å². The van der Waals surface area contributed by atoms with Gasteiger partial charge in [0.1, 0.15) is 4.21 Å². The molecule has 0 radical (unpaired) electrons. The van der Waals surface area contributed by atoms with Gasteiger partial charge in [0.2, 0.25) is 0 Å². The highest BCUT2D eigenvalue weighted by Gasteiger charge is 2.31. The highest BCUT2D eigenvalue weighted by Crippen LogP contribution is 2.26. The summed E-state index contributed by atoms with van der Waals surface area (Å²) in [5.74, 6) is 0. The molecule has 1 unspecified atom stereocenters. The van der Waals surface area contributed by atoms with Crippen LogP contribution in [0, 0.1) is 0 Å². The SMILES string of the molecule is CCC1CN(S(=O)(=O)c2ccc(CO)s2)CCO1. The number of hydrogen-bond acceptors (Lipinski definition) is 5. The summed E-state index contributed by atoms with van der Waals surface area (Å²) in [6, 6.07) is 3.21. The van der Waals surface area contributed by atoms with Gasteiger partial charge in [0.25, 0.3) is 10.0 Å². The molecule has 1 saturated heterocycles. The van der Waals surface area contributed by atoms with Crippen LogP contribution in [0.1, 0.15) is 18.2 Å². The van der Waals surface area contributed by atoms with Crippen molar-refractivity contribution in [1.29, 1.82) is 0 Å². The molecular weight excluding hydrogens is 274 g/mol. The lowest BCUT2D eigenvalue weighted by Gasteiger charge is -2.31. The maximum Gasteiger partial charge on any atom is 0.252 e. The van der Waals surface area contributed by atoms with Gasteiger partial charge in [0, 0.05) is 18.0 Å². The monoisotopic (exact) mass is 291 g/mol. The molecule has 1 aliphatic heterocycles. The lowest BCUT2D eigenvalue weighted by Crippen LogP contribution is -2.45. The van der Waals surface area contributed by atoms with Crippen LogP contribution < -0.4 is 0 Å². The molecule has 1 fully saturated rings. The van der Waals surface area contributed by atoms with Gasteiger partial charge in [-0.2, -0.15) is 4.31 Å². The van der Waals surface area contributed by atoms with E-state index >= 15 is 0 Å². The molecule has 2 rings (SSSR count). The lowest BCUT2D eigenvalue weighted by atomic mass is 10.2. The van der Waals surface area contributed by atoms with E-state index in [4.69, 9.17) is 9.84 Å². The summed E-state index contributed by atoms with van der Waals surface area (Å²) in [4.78, 5) is 0.661. The van der Waals surface area contributed by atoms with Crippen LogP contribution in [0.4, 0.5) is 0 Å². The van der Waals surface area contributed by atoms with Gasteiger partial charge in [-0.1, -0.05) is 6.92 Å². The zero-order valence-corrected chi connectivity index (χ0v) is 11.8. The van der Waals surface area contributed by atoms with Crippen molar-refractivity contribution in [2.45, 2.75) is 30.3 Å². The minimum atomic E-state index is -3.43. The Morgan fingerprint density at radius 2 is 2.33 bits per heavy atom. The van der Waals surface area contributed by atoms with Crippen LogP contribution >= 0.6 is 11.3 Å². The summed E-state index contributed by atoms with van der Waals surface area (Å²) in [5.41, 5.74) is 0. The van der Waals surface area contributed by atoms with Crippen LogP contribution in [0.3, 0.4) is 0 Å². The number of thiophene rings is 1. The van der Waals surface area contributed by atoms with Crippen molar-refractivity contribution < 1.29 is 18.3 Å².